The zero-order valence-electron chi connectivity index (χ0n) is 8.67. The Morgan fingerprint density at radius 1 is 1.38 bits per heavy atom. The lowest BCUT2D eigenvalue weighted by Crippen LogP contribution is -2.40. The van der Waals surface area contributed by atoms with Gasteiger partial charge in [0.15, 0.2) is 0 Å². The summed E-state index contributed by atoms with van der Waals surface area (Å²) in [6, 6.07) is 9.78. The highest BCUT2D eigenvalue weighted by Gasteiger charge is 2.25. The van der Waals surface area contributed by atoms with Gasteiger partial charge >= 0.3 is 0 Å². The van der Waals surface area contributed by atoms with Crippen LogP contribution in [-0.2, 0) is 11.3 Å². The number of benzene rings is 1. The van der Waals surface area contributed by atoms with Crippen LogP contribution in [0.15, 0.2) is 35.5 Å². The molecule has 0 saturated carbocycles. The van der Waals surface area contributed by atoms with Gasteiger partial charge in [0, 0.05) is 18.8 Å². The zero-order valence-corrected chi connectivity index (χ0v) is 9.48. The average molecular weight is 236 g/mol. The summed E-state index contributed by atoms with van der Waals surface area (Å²) in [4.78, 5) is 13.5. The number of carbonyl (C=O) groups excluding carboxylic acids is 1. The molecule has 0 aliphatic carbocycles. The smallest absolute Gasteiger partial charge is 0.282 e. The van der Waals surface area contributed by atoms with E-state index in [1.54, 1.807) is 4.90 Å². The van der Waals surface area contributed by atoms with Crippen molar-refractivity contribution < 1.29 is 10.0 Å². The number of oxime groups is 1. The number of carbonyl (C=O) groups is 1. The van der Waals surface area contributed by atoms with Crippen LogP contribution in [0.2, 0.25) is 0 Å². The lowest BCUT2D eigenvalue weighted by atomic mass is 10.2. The largest absolute Gasteiger partial charge is 0.410 e. The fraction of sp³-hybridized carbons (Fsp3) is 0.273. The number of amides is 1. The van der Waals surface area contributed by atoms with Gasteiger partial charge < -0.3 is 10.1 Å². The lowest BCUT2D eigenvalue weighted by molar-refractivity contribution is -0.124. The molecule has 2 rings (SSSR count). The third-order valence-corrected chi connectivity index (χ3v) is 3.29. The second-order valence-electron chi connectivity index (χ2n) is 3.47. The first-order valence-electron chi connectivity index (χ1n) is 4.99. The Kier molecular flexibility index (Phi) is 3.46. The molecule has 1 N–H and O–H groups in total. The van der Waals surface area contributed by atoms with Crippen molar-refractivity contribution in [2.24, 2.45) is 5.16 Å². The minimum absolute atomic E-state index is 0.183. The number of thioether (sulfide) groups is 1. The molecule has 1 heterocycles. The van der Waals surface area contributed by atoms with Gasteiger partial charge in [-0.05, 0) is 5.56 Å². The minimum Gasteiger partial charge on any atom is -0.410 e. The van der Waals surface area contributed by atoms with E-state index in [1.807, 2.05) is 30.3 Å². The highest BCUT2D eigenvalue weighted by molar-refractivity contribution is 8.15. The lowest BCUT2D eigenvalue weighted by Gasteiger charge is -2.26. The maximum Gasteiger partial charge on any atom is 0.282 e. The van der Waals surface area contributed by atoms with Crippen LogP contribution in [0.3, 0.4) is 0 Å². The van der Waals surface area contributed by atoms with Gasteiger partial charge in [-0.25, -0.2) is 0 Å². The van der Waals surface area contributed by atoms with Crippen LogP contribution in [0.4, 0.5) is 0 Å². The first kappa shape index (κ1) is 11.0. The number of nitrogens with zero attached hydrogens (tertiary/aromatic N) is 2. The molecule has 4 nitrogen and oxygen atoms in total. The first-order chi connectivity index (χ1) is 7.81. The summed E-state index contributed by atoms with van der Waals surface area (Å²) in [5.41, 5.74) is 1.08. The molecule has 1 fully saturated rings. The molecule has 1 aromatic rings. The standard InChI is InChI=1S/C11H12N2O2S/c14-11-10(12-15)16-7-6-13(11)8-9-4-2-1-3-5-9/h1-5,15H,6-8H2/b12-10-. The van der Waals surface area contributed by atoms with E-state index in [9.17, 15) is 4.79 Å². The Bertz CT molecular complexity index is 406. The molecule has 16 heavy (non-hydrogen) atoms. The van der Waals surface area contributed by atoms with Crippen LogP contribution >= 0.6 is 11.8 Å². The maximum atomic E-state index is 11.8. The molecule has 0 aromatic heterocycles. The van der Waals surface area contributed by atoms with Crippen molar-refractivity contribution >= 4 is 22.7 Å². The molecule has 84 valence electrons. The Balaban J connectivity index is 2.08. The second-order valence-corrected chi connectivity index (χ2v) is 4.55. The van der Waals surface area contributed by atoms with Gasteiger partial charge in [-0.2, -0.15) is 0 Å². The van der Waals surface area contributed by atoms with Gasteiger partial charge in [0.2, 0.25) is 5.04 Å². The first-order valence-corrected chi connectivity index (χ1v) is 5.98. The molecule has 1 amide bonds. The molecule has 0 unspecified atom stereocenters. The molecular formula is C11H12N2O2S. The van der Waals surface area contributed by atoms with E-state index < -0.39 is 0 Å². The van der Waals surface area contributed by atoms with Crippen molar-refractivity contribution in [3.05, 3.63) is 35.9 Å². The number of rotatable bonds is 2. The van der Waals surface area contributed by atoms with Gasteiger partial charge in [0.25, 0.3) is 5.91 Å². The predicted molar refractivity (Wildman–Crippen MR) is 63.5 cm³/mol. The SMILES string of the molecule is O=C1/C(=N/O)SCCN1Cc1ccccc1. The normalized spacial score (nSPS) is 19.1. The monoisotopic (exact) mass is 236 g/mol. The molecule has 0 bridgehead atoms. The van der Waals surface area contributed by atoms with Crippen molar-refractivity contribution in [2.75, 3.05) is 12.3 Å². The summed E-state index contributed by atoms with van der Waals surface area (Å²) >= 11 is 1.29. The van der Waals surface area contributed by atoms with Crippen molar-refractivity contribution in [3.8, 4) is 0 Å². The van der Waals surface area contributed by atoms with Gasteiger partial charge in [-0.15, -0.1) is 0 Å². The molecule has 0 radical (unpaired) electrons. The fourth-order valence-corrected chi connectivity index (χ4v) is 2.39. The predicted octanol–water partition coefficient (Wildman–Crippen LogP) is 1.55. The third kappa shape index (κ3) is 2.36. The van der Waals surface area contributed by atoms with Gasteiger partial charge in [0.05, 0.1) is 0 Å². The Labute approximate surface area is 97.9 Å². The third-order valence-electron chi connectivity index (χ3n) is 2.38. The van der Waals surface area contributed by atoms with Gasteiger partial charge in [-0.3, -0.25) is 4.79 Å². The average Bonchev–Trinajstić information content (AvgIpc) is 2.33. The molecule has 1 saturated heterocycles. The maximum absolute atomic E-state index is 11.8. The molecule has 0 spiro atoms. The fourth-order valence-electron chi connectivity index (χ4n) is 1.58. The van der Waals surface area contributed by atoms with Gasteiger partial charge in [-0.1, -0.05) is 47.2 Å². The second kappa shape index (κ2) is 5.03. The topological polar surface area (TPSA) is 52.9 Å². The molecule has 0 atom stereocenters. The minimum atomic E-state index is -0.192. The quantitative estimate of drug-likeness (QED) is 0.626. The highest BCUT2D eigenvalue weighted by Crippen LogP contribution is 2.16. The zero-order chi connectivity index (χ0) is 11.4. The summed E-state index contributed by atoms with van der Waals surface area (Å²) in [7, 11) is 0. The van der Waals surface area contributed by atoms with Crippen LogP contribution in [0, 0.1) is 0 Å². The van der Waals surface area contributed by atoms with E-state index in [-0.39, 0.29) is 11.0 Å². The summed E-state index contributed by atoms with van der Waals surface area (Å²) < 4.78 is 0. The Morgan fingerprint density at radius 3 is 2.81 bits per heavy atom. The molecule has 1 aromatic carbocycles. The van der Waals surface area contributed by atoms with Crippen molar-refractivity contribution in [1.82, 2.24) is 4.90 Å². The van der Waals surface area contributed by atoms with Crippen molar-refractivity contribution in [3.63, 3.8) is 0 Å². The molecule has 1 aliphatic heterocycles. The molecular weight excluding hydrogens is 224 g/mol. The Hall–Kier alpha value is -1.49. The summed E-state index contributed by atoms with van der Waals surface area (Å²) in [5.74, 6) is 0.584. The molecule has 1 aliphatic rings. The number of hydrogen-bond donors (Lipinski definition) is 1. The molecule has 5 heteroatoms. The van der Waals surface area contributed by atoms with Crippen LogP contribution in [0.25, 0.3) is 0 Å². The summed E-state index contributed by atoms with van der Waals surface area (Å²) in [6.45, 7) is 1.26. The number of hydrogen-bond acceptors (Lipinski definition) is 4. The van der Waals surface area contributed by atoms with Crippen LogP contribution < -0.4 is 0 Å². The van der Waals surface area contributed by atoms with E-state index in [0.717, 1.165) is 11.3 Å². The Morgan fingerprint density at radius 2 is 2.12 bits per heavy atom. The van der Waals surface area contributed by atoms with E-state index >= 15 is 0 Å². The van der Waals surface area contributed by atoms with E-state index in [1.165, 1.54) is 11.8 Å². The van der Waals surface area contributed by atoms with Crippen LogP contribution in [0.5, 0.6) is 0 Å². The van der Waals surface area contributed by atoms with E-state index in [0.29, 0.717) is 13.1 Å². The van der Waals surface area contributed by atoms with Crippen molar-refractivity contribution in [2.45, 2.75) is 6.54 Å². The summed E-state index contributed by atoms with van der Waals surface area (Å²) in [5, 5.41) is 11.9. The van der Waals surface area contributed by atoms with E-state index in [4.69, 9.17) is 5.21 Å². The highest BCUT2D eigenvalue weighted by atomic mass is 32.2. The van der Waals surface area contributed by atoms with E-state index in [2.05, 4.69) is 5.16 Å². The van der Waals surface area contributed by atoms with Crippen LogP contribution in [-0.4, -0.2) is 33.4 Å². The van der Waals surface area contributed by atoms with Crippen LogP contribution in [0.1, 0.15) is 5.56 Å². The summed E-state index contributed by atoms with van der Waals surface area (Å²) in [6.07, 6.45) is 0. The van der Waals surface area contributed by atoms with Gasteiger partial charge in [0.1, 0.15) is 0 Å². The van der Waals surface area contributed by atoms with Crippen molar-refractivity contribution in [1.29, 1.82) is 0 Å².